The van der Waals surface area contributed by atoms with Crippen LogP contribution in [0.5, 0.6) is 0 Å². The van der Waals surface area contributed by atoms with Gasteiger partial charge in [0.25, 0.3) is 5.91 Å². The summed E-state index contributed by atoms with van der Waals surface area (Å²) in [5, 5.41) is 0. The first-order valence-electron chi connectivity index (χ1n) is 11.7. The SMILES string of the molecule is CCOC(=O)c1ccc2c(c1)sc(=NC(=O)C1CCCN1S(=O)(=O)c1ccc(C)cc1)n2CCSC. The maximum atomic E-state index is 13.4. The van der Waals surface area contributed by atoms with Crippen molar-refractivity contribution in [1.29, 1.82) is 0 Å². The summed E-state index contributed by atoms with van der Waals surface area (Å²) in [6.45, 7) is 4.84. The molecule has 1 aliphatic heterocycles. The van der Waals surface area contributed by atoms with Crippen molar-refractivity contribution in [2.45, 2.75) is 44.2 Å². The summed E-state index contributed by atoms with van der Waals surface area (Å²) in [6, 6.07) is 11.1. The van der Waals surface area contributed by atoms with Crippen molar-refractivity contribution < 1.29 is 22.7 Å². The van der Waals surface area contributed by atoms with Crippen LogP contribution in [-0.4, -0.2) is 60.4 Å². The fraction of sp³-hybridized carbons (Fsp3) is 0.400. The topological polar surface area (TPSA) is 98.0 Å². The number of carbonyl (C=O) groups excluding carboxylic acids is 2. The lowest BCUT2D eigenvalue weighted by Crippen LogP contribution is -2.40. The van der Waals surface area contributed by atoms with Gasteiger partial charge in [0.2, 0.25) is 10.0 Å². The van der Waals surface area contributed by atoms with Crippen LogP contribution in [0.3, 0.4) is 0 Å². The van der Waals surface area contributed by atoms with Crippen molar-refractivity contribution in [2.75, 3.05) is 25.2 Å². The molecule has 3 aromatic rings. The molecule has 1 atom stereocenters. The first-order chi connectivity index (χ1) is 17.3. The van der Waals surface area contributed by atoms with Gasteiger partial charge in [0.15, 0.2) is 4.80 Å². The average Bonchev–Trinajstić information content (AvgIpc) is 3.48. The van der Waals surface area contributed by atoms with Crippen LogP contribution in [0, 0.1) is 6.92 Å². The van der Waals surface area contributed by atoms with Crippen LogP contribution >= 0.6 is 23.1 Å². The number of nitrogens with zero attached hydrogens (tertiary/aromatic N) is 3. The fourth-order valence-electron chi connectivity index (χ4n) is 4.19. The molecule has 0 N–H and O–H groups in total. The van der Waals surface area contributed by atoms with E-state index in [9.17, 15) is 18.0 Å². The molecule has 1 aliphatic rings. The molecule has 11 heteroatoms. The summed E-state index contributed by atoms with van der Waals surface area (Å²) in [7, 11) is -3.82. The number of rotatable bonds is 8. The van der Waals surface area contributed by atoms with Gasteiger partial charge in [-0.15, -0.1) is 0 Å². The molecule has 0 bridgehead atoms. The molecule has 2 heterocycles. The van der Waals surface area contributed by atoms with Crippen molar-refractivity contribution in [3.8, 4) is 0 Å². The molecule has 1 aromatic heterocycles. The Hall–Kier alpha value is -2.47. The molecule has 1 saturated heterocycles. The van der Waals surface area contributed by atoms with E-state index in [1.807, 2.05) is 23.8 Å². The van der Waals surface area contributed by atoms with Crippen molar-refractivity contribution in [2.24, 2.45) is 4.99 Å². The molecule has 1 amide bonds. The number of sulfonamides is 1. The van der Waals surface area contributed by atoms with Crippen LogP contribution < -0.4 is 4.80 Å². The molecule has 0 radical (unpaired) electrons. The highest BCUT2D eigenvalue weighted by atomic mass is 32.2. The van der Waals surface area contributed by atoms with Gasteiger partial charge in [0.1, 0.15) is 6.04 Å². The number of carbonyl (C=O) groups is 2. The molecule has 192 valence electrons. The van der Waals surface area contributed by atoms with Gasteiger partial charge in [0, 0.05) is 18.8 Å². The number of hydrogen-bond donors (Lipinski definition) is 0. The summed E-state index contributed by atoms with van der Waals surface area (Å²) in [6.07, 6.45) is 3.03. The first kappa shape index (κ1) is 26.6. The minimum Gasteiger partial charge on any atom is -0.462 e. The predicted octanol–water partition coefficient (Wildman–Crippen LogP) is 3.83. The zero-order valence-electron chi connectivity index (χ0n) is 20.5. The lowest BCUT2D eigenvalue weighted by atomic mass is 10.2. The summed E-state index contributed by atoms with van der Waals surface area (Å²) in [5.41, 5.74) is 2.26. The Kier molecular flexibility index (Phi) is 8.34. The molecule has 1 fully saturated rings. The van der Waals surface area contributed by atoms with Crippen molar-refractivity contribution in [3.63, 3.8) is 0 Å². The minimum atomic E-state index is -3.82. The number of ether oxygens (including phenoxy) is 1. The number of aryl methyl sites for hydroxylation is 2. The minimum absolute atomic E-state index is 0.177. The van der Waals surface area contributed by atoms with Crippen LogP contribution in [0.25, 0.3) is 10.2 Å². The summed E-state index contributed by atoms with van der Waals surface area (Å²) in [5.74, 6) is -0.0660. The molecule has 0 spiro atoms. The number of benzene rings is 2. The normalized spacial score (nSPS) is 17.1. The van der Waals surface area contributed by atoms with E-state index in [4.69, 9.17) is 4.74 Å². The Bertz CT molecular complexity index is 1440. The molecule has 0 saturated carbocycles. The Morgan fingerprint density at radius 1 is 1.19 bits per heavy atom. The maximum Gasteiger partial charge on any atom is 0.338 e. The van der Waals surface area contributed by atoms with Crippen molar-refractivity contribution in [1.82, 2.24) is 8.87 Å². The van der Waals surface area contributed by atoms with E-state index >= 15 is 0 Å². The van der Waals surface area contributed by atoms with Crippen molar-refractivity contribution >= 4 is 55.2 Å². The van der Waals surface area contributed by atoms with Gasteiger partial charge in [-0.1, -0.05) is 29.0 Å². The van der Waals surface area contributed by atoms with Gasteiger partial charge in [-0.25, -0.2) is 13.2 Å². The second-order valence-corrected chi connectivity index (χ2v) is 12.4. The lowest BCUT2D eigenvalue weighted by molar-refractivity contribution is -0.121. The van der Waals surface area contributed by atoms with Crippen LogP contribution in [-0.2, 0) is 26.1 Å². The number of thioether (sulfide) groups is 1. The van der Waals surface area contributed by atoms with Gasteiger partial charge in [-0.3, -0.25) is 4.79 Å². The van der Waals surface area contributed by atoms with E-state index in [0.717, 1.165) is 21.5 Å². The van der Waals surface area contributed by atoms with Crippen LogP contribution in [0.4, 0.5) is 0 Å². The number of esters is 1. The molecular formula is C25H29N3O5S3. The van der Waals surface area contributed by atoms with Gasteiger partial charge < -0.3 is 9.30 Å². The number of amides is 1. The number of aromatic nitrogens is 1. The molecule has 2 aromatic carbocycles. The van der Waals surface area contributed by atoms with Gasteiger partial charge in [0.05, 0.1) is 27.3 Å². The van der Waals surface area contributed by atoms with E-state index in [2.05, 4.69) is 4.99 Å². The Morgan fingerprint density at radius 3 is 2.64 bits per heavy atom. The average molecular weight is 548 g/mol. The maximum absolute atomic E-state index is 13.4. The smallest absolute Gasteiger partial charge is 0.338 e. The van der Waals surface area contributed by atoms with Crippen LogP contribution in [0.2, 0.25) is 0 Å². The zero-order valence-corrected chi connectivity index (χ0v) is 22.9. The summed E-state index contributed by atoms with van der Waals surface area (Å²) >= 11 is 2.98. The van der Waals surface area contributed by atoms with Crippen LogP contribution in [0.15, 0.2) is 52.4 Å². The molecule has 1 unspecified atom stereocenters. The van der Waals surface area contributed by atoms with E-state index in [0.29, 0.717) is 29.8 Å². The van der Waals surface area contributed by atoms with E-state index in [-0.39, 0.29) is 18.0 Å². The second-order valence-electron chi connectivity index (χ2n) is 8.47. The van der Waals surface area contributed by atoms with Gasteiger partial charge in [-0.2, -0.15) is 21.1 Å². The highest BCUT2D eigenvalue weighted by molar-refractivity contribution is 7.98. The monoisotopic (exact) mass is 547 g/mol. The number of hydrogen-bond acceptors (Lipinski definition) is 7. The Morgan fingerprint density at radius 2 is 1.94 bits per heavy atom. The third-order valence-corrected chi connectivity index (χ3v) is 9.59. The quantitative estimate of drug-likeness (QED) is 0.398. The third kappa shape index (κ3) is 5.44. The fourth-order valence-corrected chi connectivity index (χ4v) is 7.30. The Labute approximate surface area is 219 Å². The van der Waals surface area contributed by atoms with Gasteiger partial charge in [-0.05, 0) is 63.3 Å². The number of fused-ring (bicyclic) bond motifs is 1. The Balaban J connectivity index is 1.71. The zero-order chi connectivity index (χ0) is 25.9. The second kappa shape index (κ2) is 11.3. The number of thiazole rings is 1. The van der Waals surface area contributed by atoms with Crippen molar-refractivity contribution in [3.05, 3.63) is 58.4 Å². The largest absolute Gasteiger partial charge is 0.462 e. The van der Waals surface area contributed by atoms with E-state index < -0.39 is 27.9 Å². The summed E-state index contributed by atoms with van der Waals surface area (Å²) < 4.78 is 35.8. The third-order valence-electron chi connectivity index (χ3n) is 6.04. The first-order valence-corrected chi connectivity index (χ1v) is 15.4. The molecule has 8 nitrogen and oxygen atoms in total. The molecule has 36 heavy (non-hydrogen) atoms. The van der Waals surface area contributed by atoms with Gasteiger partial charge >= 0.3 is 5.97 Å². The molecule has 4 rings (SSSR count). The van der Waals surface area contributed by atoms with Crippen LogP contribution in [0.1, 0.15) is 35.7 Å². The van der Waals surface area contributed by atoms with E-state index in [1.165, 1.54) is 15.6 Å². The highest BCUT2D eigenvalue weighted by Gasteiger charge is 2.39. The van der Waals surface area contributed by atoms with E-state index in [1.54, 1.807) is 55.1 Å². The predicted molar refractivity (Wildman–Crippen MR) is 143 cm³/mol. The molecule has 0 aliphatic carbocycles. The standard InChI is InChI=1S/C25H29N3O5S3/c1-4-33-24(30)18-9-12-20-22(16-18)35-25(27(20)14-15-34-3)26-23(29)21-6-5-13-28(21)36(31,32)19-10-7-17(2)8-11-19/h7-12,16,21H,4-6,13-15H2,1-3H3. The lowest BCUT2D eigenvalue weighted by Gasteiger charge is -2.21. The molecular weight excluding hydrogens is 518 g/mol. The summed E-state index contributed by atoms with van der Waals surface area (Å²) in [4.78, 5) is 30.7. The highest BCUT2D eigenvalue weighted by Crippen LogP contribution is 2.27.